The molecule has 0 aromatic heterocycles. The molecule has 0 aliphatic heterocycles. The van der Waals surface area contributed by atoms with Gasteiger partial charge in [0, 0.05) is 30.5 Å². The number of carbonyl (C=O) groups excluding carboxylic acids is 1. The number of ether oxygens (including phenoxy) is 1. The molecule has 20 heavy (non-hydrogen) atoms. The summed E-state index contributed by atoms with van der Waals surface area (Å²) in [6.45, 7) is 0. The number of nitrogen functional groups attached to an aromatic ring is 1. The fourth-order valence-corrected chi connectivity index (χ4v) is 2.34. The first-order valence-corrected chi connectivity index (χ1v) is 6.53. The average Bonchev–Trinajstić information content (AvgIpc) is 2.40. The molecule has 1 saturated carbocycles. The van der Waals surface area contributed by atoms with Gasteiger partial charge in [-0.3, -0.25) is 4.79 Å². The van der Waals surface area contributed by atoms with Gasteiger partial charge in [0.1, 0.15) is 5.75 Å². The smallest absolute Gasteiger partial charge is 0.248 e. The molecule has 2 rings (SSSR count). The first kappa shape index (κ1) is 14.6. The van der Waals surface area contributed by atoms with Gasteiger partial charge in [0.05, 0.1) is 12.8 Å². The lowest BCUT2D eigenvalue weighted by Crippen LogP contribution is -2.31. The number of halogens is 2. The van der Waals surface area contributed by atoms with Crippen molar-refractivity contribution in [3.05, 3.63) is 18.2 Å². The Kier molecular flexibility index (Phi) is 4.11. The van der Waals surface area contributed by atoms with Crippen molar-refractivity contribution in [1.29, 1.82) is 0 Å². The van der Waals surface area contributed by atoms with Crippen LogP contribution in [-0.4, -0.2) is 18.9 Å². The van der Waals surface area contributed by atoms with Crippen molar-refractivity contribution in [3.8, 4) is 5.75 Å². The minimum Gasteiger partial charge on any atom is -0.495 e. The van der Waals surface area contributed by atoms with E-state index in [4.69, 9.17) is 10.5 Å². The monoisotopic (exact) mass is 284 g/mol. The molecule has 1 fully saturated rings. The summed E-state index contributed by atoms with van der Waals surface area (Å²) in [5.74, 6) is -2.75. The largest absolute Gasteiger partial charge is 0.495 e. The van der Waals surface area contributed by atoms with Crippen molar-refractivity contribution in [2.24, 2.45) is 5.92 Å². The fourth-order valence-electron chi connectivity index (χ4n) is 2.34. The SMILES string of the molecule is COc1cc(NC(=O)C2CCC(F)(F)CC2)ccc1N. The van der Waals surface area contributed by atoms with E-state index in [9.17, 15) is 13.6 Å². The van der Waals surface area contributed by atoms with Crippen LogP contribution in [0.3, 0.4) is 0 Å². The topological polar surface area (TPSA) is 64.3 Å². The third-order valence-electron chi connectivity index (χ3n) is 3.59. The third kappa shape index (κ3) is 3.37. The molecule has 1 aromatic rings. The van der Waals surface area contributed by atoms with Crippen LogP contribution in [0.25, 0.3) is 0 Å². The third-order valence-corrected chi connectivity index (χ3v) is 3.59. The van der Waals surface area contributed by atoms with Crippen molar-refractivity contribution in [2.45, 2.75) is 31.6 Å². The number of benzene rings is 1. The zero-order valence-corrected chi connectivity index (χ0v) is 11.3. The van der Waals surface area contributed by atoms with Crippen LogP contribution in [-0.2, 0) is 4.79 Å². The molecule has 0 saturated heterocycles. The van der Waals surface area contributed by atoms with Crippen LogP contribution in [0.4, 0.5) is 20.2 Å². The highest BCUT2D eigenvalue weighted by Crippen LogP contribution is 2.36. The lowest BCUT2D eigenvalue weighted by atomic mass is 9.86. The Hall–Kier alpha value is -1.85. The standard InChI is InChI=1S/C14H18F2N2O2/c1-20-12-8-10(2-3-11(12)17)18-13(19)9-4-6-14(15,16)7-5-9/h2-3,8-9H,4-7,17H2,1H3,(H,18,19). The maximum Gasteiger partial charge on any atom is 0.248 e. The summed E-state index contributed by atoms with van der Waals surface area (Å²) >= 11 is 0. The van der Waals surface area contributed by atoms with E-state index in [2.05, 4.69) is 5.32 Å². The van der Waals surface area contributed by atoms with E-state index < -0.39 is 5.92 Å². The summed E-state index contributed by atoms with van der Waals surface area (Å²) in [4.78, 5) is 12.0. The number of hydrogen-bond donors (Lipinski definition) is 2. The summed E-state index contributed by atoms with van der Waals surface area (Å²) in [6.07, 6.45) is -0.0256. The van der Waals surface area contributed by atoms with E-state index in [1.807, 2.05) is 0 Å². The number of methoxy groups -OCH3 is 1. The number of anilines is 2. The number of nitrogens with one attached hydrogen (secondary N) is 1. The van der Waals surface area contributed by atoms with Crippen LogP contribution < -0.4 is 15.8 Å². The second-order valence-corrected chi connectivity index (χ2v) is 5.08. The van der Waals surface area contributed by atoms with Gasteiger partial charge in [-0.1, -0.05) is 0 Å². The Morgan fingerprint density at radius 3 is 2.65 bits per heavy atom. The molecule has 1 amide bonds. The molecule has 0 spiro atoms. The minimum atomic E-state index is -2.62. The quantitative estimate of drug-likeness (QED) is 0.838. The summed E-state index contributed by atoms with van der Waals surface area (Å²) in [7, 11) is 1.49. The number of hydrogen-bond acceptors (Lipinski definition) is 3. The number of carbonyl (C=O) groups is 1. The molecule has 6 heteroatoms. The maximum atomic E-state index is 13.0. The Labute approximate surface area is 116 Å². The second-order valence-electron chi connectivity index (χ2n) is 5.08. The molecule has 4 nitrogen and oxygen atoms in total. The van der Waals surface area contributed by atoms with Crippen molar-refractivity contribution in [1.82, 2.24) is 0 Å². The Bertz CT molecular complexity index is 496. The fraction of sp³-hybridized carbons (Fsp3) is 0.500. The van der Waals surface area contributed by atoms with E-state index in [1.165, 1.54) is 7.11 Å². The maximum absolute atomic E-state index is 13.0. The molecule has 0 heterocycles. The predicted molar refractivity (Wildman–Crippen MR) is 72.9 cm³/mol. The van der Waals surface area contributed by atoms with Crippen molar-refractivity contribution >= 4 is 17.3 Å². The molecular formula is C14H18F2N2O2. The van der Waals surface area contributed by atoms with Gasteiger partial charge in [-0.25, -0.2) is 8.78 Å². The predicted octanol–water partition coefficient (Wildman–Crippen LogP) is 3.04. The molecule has 1 aromatic carbocycles. The average molecular weight is 284 g/mol. The van der Waals surface area contributed by atoms with E-state index >= 15 is 0 Å². The van der Waals surface area contributed by atoms with Crippen LogP contribution in [0.2, 0.25) is 0 Å². The molecular weight excluding hydrogens is 266 g/mol. The van der Waals surface area contributed by atoms with Crippen molar-refractivity contribution in [2.75, 3.05) is 18.2 Å². The highest BCUT2D eigenvalue weighted by molar-refractivity contribution is 5.93. The first-order valence-electron chi connectivity index (χ1n) is 6.53. The molecule has 110 valence electrons. The van der Waals surface area contributed by atoms with E-state index in [0.29, 0.717) is 17.1 Å². The lowest BCUT2D eigenvalue weighted by Gasteiger charge is -2.27. The number of amides is 1. The van der Waals surface area contributed by atoms with Crippen molar-refractivity contribution < 1.29 is 18.3 Å². The van der Waals surface area contributed by atoms with Crippen LogP contribution in [0.1, 0.15) is 25.7 Å². The van der Waals surface area contributed by atoms with Gasteiger partial charge in [0.2, 0.25) is 11.8 Å². The zero-order chi connectivity index (χ0) is 14.8. The number of nitrogens with two attached hydrogens (primary N) is 1. The van der Waals surface area contributed by atoms with Crippen LogP contribution in [0, 0.1) is 5.92 Å². The Balaban J connectivity index is 1.98. The number of alkyl halides is 2. The van der Waals surface area contributed by atoms with Crippen LogP contribution >= 0.6 is 0 Å². The van der Waals surface area contributed by atoms with Crippen LogP contribution in [0.5, 0.6) is 5.75 Å². The van der Waals surface area contributed by atoms with Gasteiger partial charge in [0.15, 0.2) is 0 Å². The first-order chi connectivity index (χ1) is 9.41. The summed E-state index contributed by atoms with van der Waals surface area (Å²) < 4.78 is 31.2. The van der Waals surface area contributed by atoms with Crippen LogP contribution in [0.15, 0.2) is 18.2 Å². The number of rotatable bonds is 3. The Morgan fingerprint density at radius 1 is 1.40 bits per heavy atom. The summed E-state index contributed by atoms with van der Waals surface area (Å²) in [5, 5.41) is 2.72. The Morgan fingerprint density at radius 2 is 2.05 bits per heavy atom. The van der Waals surface area contributed by atoms with Gasteiger partial charge in [-0.15, -0.1) is 0 Å². The highest BCUT2D eigenvalue weighted by Gasteiger charge is 2.37. The van der Waals surface area contributed by atoms with Gasteiger partial charge in [-0.2, -0.15) is 0 Å². The van der Waals surface area contributed by atoms with Gasteiger partial charge < -0.3 is 15.8 Å². The van der Waals surface area contributed by atoms with E-state index in [1.54, 1.807) is 18.2 Å². The molecule has 0 radical (unpaired) electrons. The zero-order valence-electron chi connectivity index (χ0n) is 11.3. The summed E-state index contributed by atoms with van der Waals surface area (Å²) in [5.41, 5.74) is 6.71. The lowest BCUT2D eigenvalue weighted by molar-refractivity contribution is -0.124. The molecule has 3 N–H and O–H groups in total. The van der Waals surface area contributed by atoms with Crippen molar-refractivity contribution in [3.63, 3.8) is 0 Å². The van der Waals surface area contributed by atoms with Gasteiger partial charge in [-0.05, 0) is 25.0 Å². The molecule has 0 unspecified atom stereocenters. The summed E-state index contributed by atoms with van der Waals surface area (Å²) in [6, 6.07) is 4.90. The molecule has 1 aliphatic rings. The highest BCUT2D eigenvalue weighted by atomic mass is 19.3. The normalized spacial score (nSPS) is 18.6. The molecule has 0 bridgehead atoms. The van der Waals surface area contributed by atoms with E-state index in [0.717, 1.165) is 0 Å². The van der Waals surface area contributed by atoms with E-state index in [-0.39, 0.29) is 37.5 Å². The second kappa shape index (κ2) is 5.64. The molecule has 1 aliphatic carbocycles. The van der Waals surface area contributed by atoms with Gasteiger partial charge >= 0.3 is 0 Å². The van der Waals surface area contributed by atoms with Gasteiger partial charge in [0.25, 0.3) is 0 Å². The molecule has 0 atom stereocenters. The minimum absolute atomic E-state index is 0.213.